The molecule has 1 amide bonds. The molecule has 0 unspecified atom stereocenters. The lowest BCUT2D eigenvalue weighted by molar-refractivity contribution is 0.0987. The second-order valence-corrected chi connectivity index (χ2v) is 5.63. The molecule has 0 saturated carbocycles. The molecular formula is C17H17ClN2O. The van der Waals surface area contributed by atoms with Gasteiger partial charge < -0.3 is 10.2 Å². The zero-order valence-corrected chi connectivity index (χ0v) is 12.7. The number of benzene rings is 2. The van der Waals surface area contributed by atoms with Crippen molar-refractivity contribution in [1.82, 2.24) is 0 Å². The van der Waals surface area contributed by atoms with Crippen LogP contribution in [0.15, 0.2) is 42.5 Å². The van der Waals surface area contributed by atoms with Crippen molar-refractivity contribution in [2.45, 2.75) is 13.3 Å². The third-order valence-electron chi connectivity index (χ3n) is 3.72. The minimum atomic E-state index is 0.0194. The van der Waals surface area contributed by atoms with Crippen LogP contribution in [0, 0.1) is 6.92 Å². The van der Waals surface area contributed by atoms with E-state index in [1.807, 2.05) is 42.2 Å². The molecule has 0 aromatic heterocycles. The average molecular weight is 301 g/mol. The van der Waals surface area contributed by atoms with Crippen LogP contribution in [0.3, 0.4) is 0 Å². The van der Waals surface area contributed by atoms with E-state index in [1.54, 1.807) is 12.1 Å². The first-order valence-electron chi connectivity index (χ1n) is 7.08. The summed E-state index contributed by atoms with van der Waals surface area (Å²) in [4.78, 5) is 14.7. The van der Waals surface area contributed by atoms with E-state index in [0.717, 1.165) is 29.9 Å². The number of halogens is 1. The maximum Gasteiger partial charge on any atom is 0.258 e. The normalized spacial score (nSPS) is 14.1. The number of hydrogen-bond acceptors (Lipinski definition) is 2. The van der Waals surface area contributed by atoms with Gasteiger partial charge in [-0.25, -0.2) is 0 Å². The molecule has 1 heterocycles. The Labute approximate surface area is 129 Å². The van der Waals surface area contributed by atoms with Crippen molar-refractivity contribution in [2.75, 3.05) is 23.3 Å². The van der Waals surface area contributed by atoms with E-state index in [1.165, 1.54) is 0 Å². The molecular weight excluding hydrogens is 284 g/mol. The molecule has 0 bridgehead atoms. The van der Waals surface area contributed by atoms with E-state index in [-0.39, 0.29) is 5.91 Å². The third-order valence-corrected chi connectivity index (χ3v) is 4.14. The van der Waals surface area contributed by atoms with Crippen molar-refractivity contribution in [3.05, 3.63) is 58.6 Å². The van der Waals surface area contributed by atoms with Crippen molar-refractivity contribution in [3.63, 3.8) is 0 Å². The fourth-order valence-corrected chi connectivity index (χ4v) is 2.70. The Morgan fingerprint density at radius 3 is 2.86 bits per heavy atom. The van der Waals surface area contributed by atoms with E-state index >= 15 is 0 Å². The summed E-state index contributed by atoms with van der Waals surface area (Å²) >= 11 is 6.04. The minimum Gasteiger partial charge on any atom is -0.383 e. The molecule has 0 radical (unpaired) electrons. The third kappa shape index (κ3) is 2.74. The van der Waals surface area contributed by atoms with E-state index in [0.29, 0.717) is 17.1 Å². The number of para-hydroxylation sites is 2. The van der Waals surface area contributed by atoms with Crippen LogP contribution in [0.5, 0.6) is 0 Å². The fraction of sp³-hybridized carbons (Fsp3) is 0.235. The van der Waals surface area contributed by atoms with E-state index < -0.39 is 0 Å². The molecule has 4 heteroatoms. The van der Waals surface area contributed by atoms with Gasteiger partial charge in [0.2, 0.25) is 0 Å². The predicted octanol–water partition coefficient (Wildman–Crippen LogP) is 4.11. The molecule has 0 spiro atoms. The highest BCUT2D eigenvalue weighted by atomic mass is 35.5. The van der Waals surface area contributed by atoms with Gasteiger partial charge in [0.15, 0.2) is 0 Å². The van der Waals surface area contributed by atoms with Crippen LogP contribution >= 0.6 is 11.6 Å². The predicted molar refractivity (Wildman–Crippen MR) is 87.4 cm³/mol. The van der Waals surface area contributed by atoms with Crippen molar-refractivity contribution in [3.8, 4) is 0 Å². The average Bonchev–Trinajstić information content (AvgIpc) is 2.71. The Balaban J connectivity index is 1.99. The number of rotatable bonds is 1. The zero-order chi connectivity index (χ0) is 14.8. The molecule has 0 atom stereocenters. The first-order valence-corrected chi connectivity index (χ1v) is 7.45. The monoisotopic (exact) mass is 300 g/mol. The summed E-state index contributed by atoms with van der Waals surface area (Å²) in [5.41, 5.74) is 3.54. The number of aryl methyl sites for hydroxylation is 1. The molecule has 0 fully saturated rings. The van der Waals surface area contributed by atoms with Gasteiger partial charge in [-0.05, 0) is 49.2 Å². The van der Waals surface area contributed by atoms with Crippen LogP contribution in [0.25, 0.3) is 0 Å². The van der Waals surface area contributed by atoms with Gasteiger partial charge in [0.05, 0.1) is 11.4 Å². The lowest BCUT2D eigenvalue weighted by Gasteiger charge is -2.22. The summed E-state index contributed by atoms with van der Waals surface area (Å²) in [7, 11) is 0. The van der Waals surface area contributed by atoms with Gasteiger partial charge in [-0.1, -0.05) is 23.7 Å². The van der Waals surface area contributed by atoms with Gasteiger partial charge in [-0.2, -0.15) is 0 Å². The summed E-state index contributed by atoms with van der Waals surface area (Å²) in [6.07, 6.45) is 0.924. The largest absolute Gasteiger partial charge is 0.383 e. The summed E-state index contributed by atoms with van der Waals surface area (Å²) in [6.45, 7) is 3.50. The minimum absolute atomic E-state index is 0.0194. The molecule has 108 valence electrons. The highest BCUT2D eigenvalue weighted by molar-refractivity contribution is 6.31. The Morgan fingerprint density at radius 2 is 2.05 bits per heavy atom. The molecule has 0 aliphatic carbocycles. The smallest absolute Gasteiger partial charge is 0.258 e. The number of fused-ring (bicyclic) bond motifs is 1. The van der Waals surface area contributed by atoms with Crippen molar-refractivity contribution in [1.29, 1.82) is 0 Å². The van der Waals surface area contributed by atoms with Crippen LogP contribution < -0.4 is 10.2 Å². The standard InChI is InChI=1S/C17H17ClN2O/c1-12-11-13(7-8-14(12)18)17(21)20-10-4-9-19-15-5-2-3-6-16(15)20/h2-3,5-8,11,19H,4,9-10H2,1H3. The maximum atomic E-state index is 12.8. The summed E-state index contributed by atoms with van der Waals surface area (Å²) in [5.74, 6) is 0.0194. The second kappa shape index (κ2) is 5.78. The first-order chi connectivity index (χ1) is 10.2. The molecule has 3 nitrogen and oxygen atoms in total. The Kier molecular flexibility index (Phi) is 3.84. The van der Waals surface area contributed by atoms with Crippen LogP contribution in [0.2, 0.25) is 5.02 Å². The number of hydrogen-bond donors (Lipinski definition) is 1. The number of nitrogens with zero attached hydrogens (tertiary/aromatic N) is 1. The maximum absolute atomic E-state index is 12.8. The lowest BCUT2D eigenvalue weighted by atomic mass is 10.1. The number of carbonyl (C=O) groups is 1. The molecule has 1 N–H and O–H groups in total. The van der Waals surface area contributed by atoms with Gasteiger partial charge in [0.1, 0.15) is 0 Å². The number of anilines is 2. The lowest BCUT2D eigenvalue weighted by Crippen LogP contribution is -2.31. The Bertz CT molecular complexity index is 684. The molecule has 2 aromatic rings. The summed E-state index contributed by atoms with van der Waals surface area (Å²) < 4.78 is 0. The van der Waals surface area contributed by atoms with E-state index in [2.05, 4.69) is 5.32 Å². The van der Waals surface area contributed by atoms with Crippen LogP contribution in [0.1, 0.15) is 22.3 Å². The van der Waals surface area contributed by atoms with Crippen LogP contribution in [-0.4, -0.2) is 19.0 Å². The van der Waals surface area contributed by atoms with Gasteiger partial charge >= 0.3 is 0 Å². The quantitative estimate of drug-likeness (QED) is 0.859. The van der Waals surface area contributed by atoms with Crippen molar-refractivity contribution < 1.29 is 4.79 Å². The van der Waals surface area contributed by atoms with Crippen molar-refractivity contribution >= 4 is 28.9 Å². The highest BCUT2D eigenvalue weighted by Crippen LogP contribution is 2.29. The molecule has 3 rings (SSSR count). The van der Waals surface area contributed by atoms with Crippen molar-refractivity contribution in [2.24, 2.45) is 0 Å². The van der Waals surface area contributed by atoms with Crippen LogP contribution in [-0.2, 0) is 0 Å². The molecule has 21 heavy (non-hydrogen) atoms. The Hall–Kier alpha value is -2.00. The number of nitrogens with one attached hydrogen (secondary N) is 1. The summed E-state index contributed by atoms with van der Waals surface area (Å²) in [6, 6.07) is 13.4. The van der Waals surface area contributed by atoms with Gasteiger partial charge in [-0.15, -0.1) is 0 Å². The van der Waals surface area contributed by atoms with Gasteiger partial charge in [0.25, 0.3) is 5.91 Å². The number of carbonyl (C=O) groups excluding carboxylic acids is 1. The van der Waals surface area contributed by atoms with E-state index in [9.17, 15) is 4.79 Å². The zero-order valence-electron chi connectivity index (χ0n) is 11.9. The molecule has 1 aliphatic heterocycles. The highest BCUT2D eigenvalue weighted by Gasteiger charge is 2.22. The summed E-state index contributed by atoms with van der Waals surface area (Å²) in [5, 5.41) is 4.05. The second-order valence-electron chi connectivity index (χ2n) is 5.22. The topological polar surface area (TPSA) is 32.3 Å². The first kappa shape index (κ1) is 14.0. The number of amides is 1. The SMILES string of the molecule is Cc1cc(C(=O)N2CCCNc3ccccc32)ccc1Cl. The molecule has 1 aliphatic rings. The van der Waals surface area contributed by atoms with Crippen LogP contribution in [0.4, 0.5) is 11.4 Å². The molecule has 2 aromatic carbocycles. The fourth-order valence-electron chi connectivity index (χ4n) is 2.58. The van der Waals surface area contributed by atoms with E-state index in [4.69, 9.17) is 11.6 Å². The Morgan fingerprint density at radius 1 is 1.24 bits per heavy atom. The molecule has 0 saturated heterocycles. The van der Waals surface area contributed by atoms with Gasteiger partial charge in [0, 0.05) is 23.7 Å². The van der Waals surface area contributed by atoms with Gasteiger partial charge in [-0.3, -0.25) is 4.79 Å².